The fraction of sp³-hybridized carbons (Fsp3) is 0.962. The van der Waals surface area contributed by atoms with Crippen LogP contribution in [0.3, 0.4) is 0 Å². The molecule has 0 aromatic heterocycles. The average Bonchev–Trinajstić information content (AvgIpc) is 3.18. The van der Waals surface area contributed by atoms with Crippen LogP contribution in [0.25, 0.3) is 0 Å². The average molecular weight is 496 g/mol. The van der Waals surface area contributed by atoms with Gasteiger partial charge in [0.05, 0.1) is 24.2 Å². The monoisotopic (exact) mass is 495 g/mol. The number of hydrogen-bond acceptors (Lipinski definition) is 7. The fourth-order valence-electron chi connectivity index (χ4n) is 7.32. The maximum absolute atomic E-state index is 10.4. The first-order chi connectivity index (χ1) is 16.0. The van der Waals surface area contributed by atoms with E-state index < -0.39 is 26.5 Å². The number of hydrogen-bond donors (Lipinski definition) is 0. The molecule has 2 bridgehead atoms. The highest BCUT2D eigenvalue weighted by molar-refractivity contribution is 6.74. The van der Waals surface area contributed by atoms with Gasteiger partial charge in [0.15, 0.2) is 8.32 Å². The smallest absolute Gasteiger partial charge is 0.272 e. The van der Waals surface area contributed by atoms with Gasteiger partial charge in [-0.1, -0.05) is 40.5 Å². The first-order valence-electron chi connectivity index (χ1n) is 13.0. The van der Waals surface area contributed by atoms with Gasteiger partial charge in [-0.05, 0) is 55.7 Å². The van der Waals surface area contributed by atoms with Crippen molar-refractivity contribution in [2.24, 2.45) is 23.2 Å². The van der Waals surface area contributed by atoms with Gasteiger partial charge in [0.25, 0.3) is 6.48 Å². The van der Waals surface area contributed by atoms with E-state index in [-0.39, 0.29) is 41.3 Å². The van der Waals surface area contributed by atoms with Gasteiger partial charge in [-0.3, -0.25) is 0 Å². The van der Waals surface area contributed by atoms with Crippen LogP contribution in [0.1, 0.15) is 66.2 Å². The Morgan fingerprint density at radius 2 is 1.88 bits per heavy atom. The normalized spacial score (nSPS) is 44.6. The molecule has 3 saturated carbocycles. The SMILES string of the molecule is COCO[C@H]1[C@H](C)CC23CCCCC(C[C@H](C#N)[C@H]4OC(OC)O[C@@]412)C3O[Si](C)(C)C(C)(C)C. The summed E-state index contributed by atoms with van der Waals surface area (Å²) in [5.74, 6) is 0.193. The Kier molecular flexibility index (Phi) is 7.34. The van der Waals surface area contributed by atoms with Gasteiger partial charge in [0, 0.05) is 19.6 Å². The number of nitriles is 1. The van der Waals surface area contributed by atoms with Gasteiger partial charge in [0.1, 0.15) is 18.5 Å². The molecule has 4 unspecified atom stereocenters. The van der Waals surface area contributed by atoms with Gasteiger partial charge in [0.2, 0.25) is 0 Å². The molecule has 7 nitrogen and oxygen atoms in total. The molecule has 0 amide bonds. The van der Waals surface area contributed by atoms with Crippen LogP contribution >= 0.6 is 0 Å². The first kappa shape index (κ1) is 26.5. The molecular formula is C26H45NO6Si. The molecule has 4 rings (SSSR count). The van der Waals surface area contributed by atoms with Gasteiger partial charge in [-0.15, -0.1) is 0 Å². The second-order valence-corrected chi connectivity index (χ2v) is 17.4. The van der Waals surface area contributed by atoms with Gasteiger partial charge < -0.3 is 28.1 Å². The number of rotatable bonds is 6. The third kappa shape index (κ3) is 3.91. The molecule has 9 atom stereocenters. The Bertz CT molecular complexity index is 780. The van der Waals surface area contributed by atoms with Crippen LogP contribution in [0, 0.1) is 34.5 Å². The van der Waals surface area contributed by atoms with E-state index in [0.717, 1.165) is 38.5 Å². The molecule has 3 aliphatic carbocycles. The second-order valence-electron chi connectivity index (χ2n) is 12.6. The molecule has 4 aliphatic rings. The quantitative estimate of drug-likeness (QED) is 0.370. The predicted molar refractivity (Wildman–Crippen MR) is 130 cm³/mol. The summed E-state index contributed by atoms with van der Waals surface area (Å²) in [6, 6.07) is 2.61. The van der Waals surface area contributed by atoms with Gasteiger partial charge in [-0.2, -0.15) is 5.26 Å². The molecule has 34 heavy (non-hydrogen) atoms. The predicted octanol–water partition coefficient (Wildman–Crippen LogP) is 5.21. The summed E-state index contributed by atoms with van der Waals surface area (Å²) in [6.07, 6.45) is 5.30. The van der Waals surface area contributed by atoms with Crippen LogP contribution in [-0.4, -0.2) is 59.7 Å². The van der Waals surface area contributed by atoms with Crippen LogP contribution in [0.15, 0.2) is 0 Å². The Hall–Kier alpha value is -0.533. The molecule has 0 N–H and O–H groups in total. The van der Waals surface area contributed by atoms with E-state index in [1.54, 1.807) is 14.2 Å². The van der Waals surface area contributed by atoms with Crippen molar-refractivity contribution >= 4 is 8.32 Å². The van der Waals surface area contributed by atoms with Crippen molar-refractivity contribution in [3.05, 3.63) is 0 Å². The van der Waals surface area contributed by atoms with Crippen LogP contribution in [0.2, 0.25) is 18.1 Å². The van der Waals surface area contributed by atoms with E-state index in [1.165, 1.54) is 0 Å². The zero-order valence-corrected chi connectivity index (χ0v) is 23.4. The minimum absolute atomic E-state index is 0.00505. The van der Waals surface area contributed by atoms with Crippen molar-refractivity contribution in [2.45, 2.75) is 115 Å². The van der Waals surface area contributed by atoms with Crippen LogP contribution in [0.5, 0.6) is 0 Å². The molecule has 4 fully saturated rings. The summed E-state index contributed by atoms with van der Waals surface area (Å²) in [6.45, 7) is 13.2. The van der Waals surface area contributed by atoms with Crippen molar-refractivity contribution in [1.29, 1.82) is 5.26 Å². The maximum Gasteiger partial charge on any atom is 0.272 e. The summed E-state index contributed by atoms with van der Waals surface area (Å²) >= 11 is 0. The highest BCUT2D eigenvalue weighted by atomic mass is 28.4. The summed E-state index contributed by atoms with van der Waals surface area (Å²) in [5, 5.41) is 10.5. The molecule has 0 aromatic carbocycles. The summed E-state index contributed by atoms with van der Waals surface area (Å²) in [5.41, 5.74) is -1.14. The van der Waals surface area contributed by atoms with Crippen LogP contribution in [-0.2, 0) is 28.1 Å². The van der Waals surface area contributed by atoms with Crippen molar-refractivity contribution in [2.75, 3.05) is 21.0 Å². The maximum atomic E-state index is 10.4. The third-order valence-electron chi connectivity index (χ3n) is 9.67. The number of fused-ring (bicyclic) bond motifs is 1. The zero-order valence-electron chi connectivity index (χ0n) is 22.4. The lowest BCUT2D eigenvalue weighted by Crippen LogP contribution is -2.64. The highest BCUT2D eigenvalue weighted by Crippen LogP contribution is 2.68. The summed E-state index contributed by atoms with van der Waals surface area (Å²) in [4.78, 5) is 0. The Morgan fingerprint density at radius 3 is 2.50 bits per heavy atom. The Morgan fingerprint density at radius 1 is 1.15 bits per heavy atom. The van der Waals surface area contributed by atoms with E-state index in [1.807, 2.05) is 0 Å². The molecule has 1 aliphatic heterocycles. The van der Waals surface area contributed by atoms with Gasteiger partial charge >= 0.3 is 0 Å². The van der Waals surface area contributed by atoms with Gasteiger partial charge in [-0.25, -0.2) is 0 Å². The van der Waals surface area contributed by atoms with Crippen LogP contribution in [0.4, 0.5) is 0 Å². The summed E-state index contributed by atoms with van der Waals surface area (Å²) in [7, 11) is 1.13. The highest BCUT2D eigenvalue weighted by Gasteiger charge is 2.77. The number of ether oxygens (including phenoxy) is 5. The number of nitrogens with zero attached hydrogens (tertiary/aromatic N) is 1. The van der Waals surface area contributed by atoms with E-state index in [0.29, 0.717) is 5.92 Å². The van der Waals surface area contributed by atoms with Crippen molar-refractivity contribution in [3.8, 4) is 6.07 Å². The molecule has 2 spiro atoms. The lowest BCUT2D eigenvalue weighted by atomic mass is 9.64. The first-order valence-corrected chi connectivity index (χ1v) is 15.9. The molecule has 1 heterocycles. The molecule has 0 aromatic rings. The molecule has 0 radical (unpaired) electrons. The number of methoxy groups -OCH3 is 2. The third-order valence-corrected chi connectivity index (χ3v) is 14.1. The summed E-state index contributed by atoms with van der Waals surface area (Å²) < 4.78 is 38.0. The van der Waals surface area contributed by atoms with E-state index >= 15 is 0 Å². The van der Waals surface area contributed by atoms with E-state index in [4.69, 9.17) is 28.1 Å². The Balaban J connectivity index is 1.92. The van der Waals surface area contributed by atoms with Crippen molar-refractivity contribution in [3.63, 3.8) is 0 Å². The minimum atomic E-state index is -2.12. The molecule has 194 valence electrons. The second kappa shape index (κ2) is 9.40. The standard InChI is InChI=1S/C26H45NO6Si/c1-17-14-25-12-10-9-11-18(21(25)33-34(7,8)24(2,3)4)13-19(15-27)22-26(25,20(17)30-16-28-5)32-23(29-6)31-22/h17-23H,9-14,16H2,1-8H3/t17-,18?,19-,20+,21?,22-,23?,25?,26-/m1/s1. The zero-order chi connectivity index (χ0) is 24.9. The Labute approximate surface area is 206 Å². The van der Waals surface area contributed by atoms with Crippen molar-refractivity contribution < 1.29 is 28.1 Å². The molecular weight excluding hydrogens is 450 g/mol. The van der Waals surface area contributed by atoms with E-state index in [2.05, 4.69) is 46.9 Å². The molecule has 1 saturated heterocycles. The van der Waals surface area contributed by atoms with Crippen LogP contribution < -0.4 is 0 Å². The topological polar surface area (TPSA) is 79.2 Å². The lowest BCUT2D eigenvalue weighted by Gasteiger charge is -2.53. The minimum Gasteiger partial charge on any atom is -0.413 e. The lowest BCUT2D eigenvalue weighted by molar-refractivity contribution is -0.277. The van der Waals surface area contributed by atoms with Crippen molar-refractivity contribution in [1.82, 2.24) is 0 Å². The molecule has 8 heteroatoms. The largest absolute Gasteiger partial charge is 0.413 e. The fourth-order valence-corrected chi connectivity index (χ4v) is 8.73. The van der Waals surface area contributed by atoms with E-state index in [9.17, 15) is 5.26 Å².